The van der Waals surface area contributed by atoms with Gasteiger partial charge in [0, 0.05) is 31.3 Å². The van der Waals surface area contributed by atoms with Crippen molar-refractivity contribution in [2.45, 2.75) is 32.1 Å². The third kappa shape index (κ3) is 4.30. The number of para-hydroxylation sites is 1. The molecule has 5 nitrogen and oxygen atoms in total. The van der Waals surface area contributed by atoms with Crippen LogP contribution in [0, 0.1) is 11.3 Å². The van der Waals surface area contributed by atoms with E-state index in [0.717, 1.165) is 53.8 Å². The van der Waals surface area contributed by atoms with E-state index < -0.39 is 0 Å². The smallest absolute Gasteiger partial charge is 0.103 e. The molecule has 1 aliphatic rings. The van der Waals surface area contributed by atoms with E-state index in [1.54, 1.807) is 6.20 Å². The van der Waals surface area contributed by atoms with E-state index in [4.69, 9.17) is 9.47 Å². The third-order valence-corrected chi connectivity index (χ3v) is 5.01. The first-order valence-corrected chi connectivity index (χ1v) is 9.62. The van der Waals surface area contributed by atoms with Crippen LogP contribution in [0.15, 0.2) is 54.7 Å². The minimum atomic E-state index is 0.289. The number of anilines is 1. The van der Waals surface area contributed by atoms with Crippen molar-refractivity contribution in [1.29, 1.82) is 5.26 Å². The number of nitrogens with one attached hydrogen (secondary N) is 1. The molecule has 3 aromatic rings. The van der Waals surface area contributed by atoms with Gasteiger partial charge >= 0.3 is 0 Å². The number of hydrogen-bond donors (Lipinski definition) is 1. The molecule has 5 heteroatoms. The van der Waals surface area contributed by atoms with Gasteiger partial charge in [0.05, 0.1) is 29.5 Å². The van der Waals surface area contributed by atoms with Gasteiger partial charge in [0.1, 0.15) is 6.07 Å². The van der Waals surface area contributed by atoms with Crippen molar-refractivity contribution in [3.63, 3.8) is 0 Å². The van der Waals surface area contributed by atoms with Gasteiger partial charge in [-0.05, 0) is 30.0 Å². The highest BCUT2D eigenvalue weighted by molar-refractivity contribution is 5.93. The molecule has 2 aromatic carbocycles. The summed E-state index contributed by atoms with van der Waals surface area (Å²) in [5.74, 6) is 0. The van der Waals surface area contributed by atoms with E-state index in [-0.39, 0.29) is 6.10 Å². The number of ether oxygens (including phenoxy) is 2. The van der Waals surface area contributed by atoms with Gasteiger partial charge in [-0.1, -0.05) is 42.5 Å². The van der Waals surface area contributed by atoms with Crippen LogP contribution in [-0.2, 0) is 22.6 Å². The highest BCUT2D eigenvalue weighted by Crippen LogP contribution is 2.26. The Bertz CT molecular complexity index is 991. The van der Waals surface area contributed by atoms with Crippen LogP contribution in [0.25, 0.3) is 10.9 Å². The molecule has 0 radical (unpaired) electrons. The summed E-state index contributed by atoms with van der Waals surface area (Å²) in [7, 11) is 0. The van der Waals surface area contributed by atoms with E-state index in [1.807, 2.05) is 24.3 Å². The Morgan fingerprint density at radius 1 is 1.11 bits per heavy atom. The van der Waals surface area contributed by atoms with E-state index in [1.165, 1.54) is 0 Å². The Labute approximate surface area is 164 Å². The lowest BCUT2D eigenvalue weighted by atomic mass is 10.1. The summed E-state index contributed by atoms with van der Waals surface area (Å²) in [6, 6.07) is 18.5. The van der Waals surface area contributed by atoms with Crippen LogP contribution >= 0.6 is 0 Å². The van der Waals surface area contributed by atoms with Gasteiger partial charge in [-0.25, -0.2) is 0 Å². The summed E-state index contributed by atoms with van der Waals surface area (Å²) in [5.41, 5.74) is 4.57. The molecule has 0 amide bonds. The van der Waals surface area contributed by atoms with Gasteiger partial charge in [-0.15, -0.1) is 0 Å². The fourth-order valence-electron chi connectivity index (χ4n) is 3.49. The molecule has 0 saturated carbocycles. The predicted molar refractivity (Wildman–Crippen MR) is 109 cm³/mol. The molecule has 1 aromatic heterocycles. The predicted octanol–water partition coefficient (Wildman–Crippen LogP) is 4.41. The zero-order valence-electron chi connectivity index (χ0n) is 15.7. The largest absolute Gasteiger partial charge is 0.381 e. The maximum atomic E-state index is 9.46. The number of hydrogen-bond acceptors (Lipinski definition) is 5. The quantitative estimate of drug-likeness (QED) is 0.693. The van der Waals surface area contributed by atoms with Gasteiger partial charge < -0.3 is 14.8 Å². The first kappa shape index (κ1) is 18.4. The first-order chi connectivity index (χ1) is 13.8. The number of rotatable bonds is 6. The molecule has 1 saturated heterocycles. The van der Waals surface area contributed by atoms with Crippen molar-refractivity contribution in [2.24, 2.45) is 0 Å². The standard InChI is InChI=1S/C23H23N3O2/c24-13-19-15-25-22-7-2-1-6-21(22)23(19)26-14-17-4-3-5-18(12-17)16-28-20-8-10-27-11-9-20/h1-7,12,15,20H,8-11,14,16H2,(H,25,26). The average molecular weight is 373 g/mol. The molecule has 1 fully saturated rings. The fourth-order valence-corrected chi connectivity index (χ4v) is 3.49. The summed E-state index contributed by atoms with van der Waals surface area (Å²) < 4.78 is 11.4. The van der Waals surface area contributed by atoms with Crippen LogP contribution in [0.5, 0.6) is 0 Å². The molecule has 0 atom stereocenters. The van der Waals surface area contributed by atoms with E-state index in [2.05, 4.69) is 40.6 Å². The monoisotopic (exact) mass is 373 g/mol. The lowest BCUT2D eigenvalue weighted by Gasteiger charge is -2.22. The summed E-state index contributed by atoms with van der Waals surface area (Å²) in [4.78, 5) is 4.36. The maximum absolute atomic E-state index is 9.46. The van der Waals surface area contributed by atoms with Crippen LogP contribution in [-0.4, -0.2) is 24.3 Å². The molecular weight excluding hydrogens is 350 g/mol. The Kier molecular flexibility index (Phi) is 5.81. The molecule has 0 bridgehead atoms. The van der Waals surface area contributed by atoms with Crippen molar-refractivity contribution in [3.8, 4) is 6.07 Å². The molecule has 2 heterocycles. The molecule has 0 unspecified atom stereocenters. The topological polar surface area (TPSA) is 67.2 Å². The number of nitrogens with zero attached hydrogens (tertiary/aromatic N) is 2. The van der Waals surface area contributed by atoms with Crippen LogP contribution in [0.2, 0.25) is 0 Å². The van der Waals surface area contributed by atoms with Crippen molar-refractivity contribution < 1.29 is 9.47 Å². The first-order valence-electron chi connectivity index (χ1n) is 9.62. The molecule has 1 N–H and O–H groups in total. The summed E-state index contributed by atoms with van der Waals surface area (Å²) in [6.07, 6.45) is 3.85. The average Bonchev–Trinajstić information content (AvgIpc) is 2.77. The normalized spacial score (nSPS) is 14.7. The SMILES string of the molecule is N#Cc1cnc2ccccc2c1NCc1cccc(COC2CCOCC2)c1. The number of fused-ring (bicyclic) bond motifs is 1. The second-order valence-corrected chi connectivity index (χ2v) is 6.97. The Hall–Kier alpha value is -2.94. The molecular formula is C23H23N3O2. The molecule has 0 spiro atoms. The number of aromatic nitrogens is 1. The summed E-state index contributed by atoms with van der Waals surface area (Å²) in [6.45, 7) is 2.82. The summed E-state index contributed by atoms with van der Waals surface area (Å²) in [5, 5.41) is 13.9. The van der Waals surface area contributed by atoms with Crippen LogP contribution in [0.4, 0.5) is 5.69 Å². The van der Waals surface area contributed by atoms with Crippen LogP contribution in [0.3, 0.4) is 0 Å². The van der Waals surface area contributed by atoms with Gasteiger partial charge in [0.2, 0.25) is 0 Å². The van der Waals surface area contributed by atoms with Crippen LogP contribution in [0.1, 0.15) is 29.5 Å². The zero-order valence-corrected chi connectivity index (χ0v) is 15.7. The molecule has 1 aliphatic heterocycles. The van der Waals surface area contributed by atoms with E-state index >= 15 is 0 Å². The Morgan fingerprint density at radius 2 is 1.93 bits per heavy atom. The van der Waals surface area contributed by atoms with Gasteiger partial charge in [-0.2, -0.15) is 5.26 Å². The van der Waals surface area contributed by atoms with Crippen molar-refractivity contribution in [2.75, 3.05) is 18.5 Å². The lowest BCUT2D eigenvalue weighted by molar-refractivity contribution is -0.0390. The van der Waals surface area contributed by atoms with Crippen molar-refractivity contribution in [1.82, 2.24) is 4.98 Å². The van der Waals surface area contributed by atoms with Crippen molar-refractivity contribution >= 4 is 16.6 Å². The minimum Gasteiger partial charge on any atom is -0.381 e. The lowest BCUT2D eigenvalue weighted by Crippen LogP contribution is -2.23. The minimum absolute atomic E-state index is 0.289. The molecule has 142 valence electrons. The molecule has 0 aliphatic carbocycles. The summed E-state index contributed by atoms with van der Waals surface area (Å²) >= 11 is 0. The van der Waals surface area contributed by atoms with Gasteiger partial charge in [0.15, 0.2) is 0 Å². The molecule has 28 heavy (non-hydrogen) atoms. The van der Waals surface area contributed by atoms with E-state index in [9.17, 15) is 5.26 Å². The number of nitriles is 1. The molecule has 4 rings (SSSR count). The van der Waals surface area contributed by atoms with Crippen molar-refractivity contribution in [3.05, 3.63) is 71.4 Å². The maximum Gasteiger partial charge on any atom is 0.103 e. The van der Waals surface area contributed by atoms with E-state index in [0.29, 0.717) is 18.7 Å². The van der Waals surface area contributed by atoms with Crippen LogP contribution < -0.4 is 5.32 Å². The zero-order chi connectivity index (χ0) is 19.2. The van der Waals surface area contributed by atoms with Gasteiger partial charge in [0.25, 0.3) is 0 Å². The second kappa shape index (κ2) is 8.83. The Balaban J connectivity index is 1.45. The number of pyridine rings is 1. The highest BCUT2D eigenvalue weighted by atomic mass is 16.5. The Morgan fingerprint density at radius 3 is 2.79 bits per heavy atom. The third-order valence-electron chi connectivity index (χ3n) is 5.01. The number of benzene rings is 2. The fraction of sp³-hybridized carbons (Fsp3) is 0.304. The highest BCUT2D eigenvalue weighted by Gasteiger charge is 2.14. The van der Waals surface area contributed by atoms with Gasteiger partial charge in [-0.3, -0.25) is 4.98 Å². The second-order valence-electron chi connectivity index (χ2n) is 6.97.